The van der Waals surface area contributed by atoms with Gasteiger partial charge in [0.25, 0.3) is 0 Å². The summed E-state index contributed by atoms with van der Waals surface area (Å²) in [5.74, 6) is 4.27. The summed E-state index contributed by atoms with van der Waals surface area (Å²) in [6.07, 6.45) is 0. The minimum absolute atomic E-state index is 0.0417. The van der Waals surface area contributed by atoms with Crippen molar-refractivity contribution in [2.24, 2.45) is 0 Å². The highest BCUT2D eigenvalue weighted by Gasteiger charge is 2.15. The molecule has 0 heterocycles. The van der Waals surface area contributed by atoms with Gasteiger partial charge in [-0.1, -0.05) is 42.2 Å². The molecule has 0 unspecified atom stereocenters. The quantitative estimate of drug-likeness (QED) is 0.235. The van der Waals surface area contributed by atoms with Crippen molar-refractivity contribution in [3.63, 3.8) is 0 Å². The van der Waals surface area contributed by atoms with Crippen LogP contribution in [0.25, 0.3) is 21.5 Å². The predicted octanol–water partition coefficient (Wildman–Crippen LogP) is 6.58. The van der Waals surface area contributed by atoms with Gasteiger partial charge in [-0.2, -0.15) is 0 Å². The molecule has 5 aromatic rings. The maximum Gasteiger partial charge on any atom is 0.339 e. The molecule has 35 heavy (non-hydrogen) atoms. The lowest BCUT2D eigenvalue weighted by molar-refractivity contribution is 0.0678. The van der Waals surface area contributed by atoms with Crippen LogP contribution in [-0.4, -0.2) is 22.2 Å². The predicted molar refractivity (Wildman–Crippen MR) is 134 cm³/mol. The minimum atomic E-state index is -1.21. The average Bonchev–Trinajstić information content (AvgIpc) is 2.86. The molecule has 0 saturated carbocycles. The van der Waals surface area contributed by atoms with E-state index in [2.05, 4.69) is 48.2 Å². The van der Waals surface area contributed by atoms with Gasteiger partial charge in [0.15, 0.2) is 0 Å². The topological polar surface area (TPSA) is 83.8 Å². The van der Waals surface area contributed by atoms with E-state index in [0.717, 1.165) is 21.9 Å². The number of benzene rings is 5. The van der Waals surface area contributed by atoms with Gasteiger partial charge in [0.2, 0.25) is 0 Å². The Kier molecular flexibility index (Phi) is 5.62. The fraction of sp³-hybridized carbons (Fsp3) is 0. The van der Waals surface area contributed by atoms with Crippen molar-refractivity contribution < 1.29 is 24.5 Å². The number of carboxylic acid groups (broad SMARTS) is 2. The molecule has 0 aliphatic heterocycles. The van der Waals surface area contributed by atoms with E-state index < -0.39 is 11.9 Å². The Bertz CT molecular complexity index is 1670. The van der Waals surface area contributed by atoms with Crippen molar-refractivity contribution in [1.82, 2.24) is 0 Å². The molecule has 168 valence electrons. The third-order valence-electron chi connectivity index (χ3n) is 5.60. The first-order chi connectivity index (χ1) is 17.0. The Labute approximate surface area is 200 Å². The van der Waals surface area contributed by atoms with Gasteiger partial charge in [0, 0.05) is 11.1 Å². The number of fused-ring (bicyclic) bond motifs is 2. The summed E-state index contributed by atoms with van der Waals surface area (Å²) in [6.45, 7) is 0. The molecule has 0 saturated heterocycles. The fourth-order valence-corrected chi connectivity index (χ4v) is 3.81. The number of ether oxygens (including phenoxy) is 1. The number of carboxylic acids is 2. The van der Waals surface area contributed by atoms with Crippen LogP contribution in [0.4, 0.5) is 0 Å². The first-order valence-electron chi connectivity index (χ1n) is 10.8. The zero-order chi connectivity index (χ0) is 24.4. The van der Waals surface area contributed by atoms with Crippen molar-refractivity contribution >= 4 is 33.5 Å². The van der Waals surface area contributed by atoms with E-state index in [-0.39, 0.29) is 16.9 Å². The van der Waals surface area contributed by atoms with E-state index in [0.29, 0.717) is 5.75 Å². The third-order valence-corrected chi connectivity index (χ3v) is 5.60. The Hall–Kier alpha value is -5.08. The van der Waals surface area contributed by atoms with Gasteiger partial charge >= 0.3 is 11.9 Å². The van der Waals surface area contributed by atoms with Gasteiger partial charge < -0.3 is 14.9 Å². The van der Waals surface area contributed by atoms with Crippen molar-refractivity contribution in [1.29, 1.82) is 0 Å². The summed E-state index contributed by atoms with van der Waals surface area (Å²) in [5.41, 5.74) is 1.47. The number of hydrogen-bond acceptors (Lipinski definition) is 3. The first kappa shape index (κ1) is 21.7. The summed E-state index contributed by atoms with van der Waals surface area (Å²) in [5, 5.41) is 23.2. The molecule has 0 aromatic heterocycles. The van der Waals surface area contributed by atoms with Crippen molar-refractivity contribution in [2.75, 3.05) is 0 Å². The number of hydrogen-bond donors (Lipinski definition) is 2. The smallest absolute Gasteiger partial charge is 0.339 e. The summed E-state index contributed by atoms with van der Waals surface area (Å²) in [7, 11) is 0. The standard InChI is InChI=1S/C30H18O5/c31-29(32)24-11-14-27(30(33)34)28(18-24)35-26-12-8-19(9-13-26)5-6-20-7-10-23-16-21-3-1-2-4-22(21)17-25(23)15-20/h1-4,7-18H,(H,31,32)(H,33,34). The van der Waals surface area contributed by atoms with Gasteiger partial charge in [0.05, 0.1) is 5.56 Å². The molecule has 0 atom stereocenters. The highest BCUT2D eigenvalue weighted by Crippen LogP contribution is 2.27. The van der Waals surface area contributed by atoms with Crippen molar-refractivity contribution in [2.45, 2.75) is 0 Å². The lowest BCUT2D eigenvalue weighted by atomic mass is 10.0. The lowest BCUT2D eigenvalue weighted by Gasteiger charge is -2.09. The zero-order valence-corrected chi connectivity index (χ0v) is 18.4. The molecule has 0 aliphatic rings. The van der Waals surface area contributed by atoms with Crippen LogP contribution < -0.4 is 4.74 Å². The largest absolute Gasteiger partial charge is 0.478 e. The van der Waals surface area contributed by atoms with Gasteiger partial charge in [0.1, 0.15) is 17.1 Å². The summed E-state index contributed by atoms with van der Waals surface area (Å²) in [6, 6.07) is 29.2. The SMILES string of the molecule is O=C(O)c1ccc(C(=O)O)c(Oc2ccc(C#Cc3ccc4cc5ccccc5cc4c3)cc2)c1. The molecular weight excluding hydrogens is 440 g/mol. The van der Waals surface area contributed by atoms with Crippen LogP contribution in [0.2, 0.25) is 0 Å². The van der Waals surface area contributed by atoms with E-state index in [4.69, 9.17) is 4.74 Å². The molecule has 0 amide bonds. The number of carbonyl (C=O) groups is 2. The molecule has 0 radical (unpaired) electrons. The minimum Gasteiger partial charge on any atom is -0.478 e. The first-order valence-corrected chi connectivity index (χ1v) is 10.8. The maximum absolute atomic E-state index is 11.5. The lowest BCUT2D eigenvalue weighted by Crippen LogP contribution is -2.03. The van der Waals surface area contributed by atoms with E-state index in [1.807, 2.05) is 18.2 Å². The molecule has 5 nitrogen and oxygen atoms in total. The third kappa shape index (κ3) is 4.68. The van der Waals surface area contributed by atoms with Gasteiger partial charge in [-0.3, -0.25) is 0 Å². The molecule has 5 aromatic carbocycles. The van der Waals surface area contributed by atoms with E-state index in [1.165, 1.54) is 29.0 Å². The van der Waals surface area contributed by atoms with Gasteiger partial charge in [-0.15, -0.1) is 0 Å². The van der Waals surface area contributed by atoms with Crippen molar-refractivity contribution in [3.8, 4) is 23.3 Å². The van der Waals surface area contributed by atoms with Crippen LogP contribution in [0.15, 0.2) is 97.1 Å². The normalized spacial score (nSPS) is 10.5. The van der Waals surface area contributed by atoms with Crippen LogP contribution in [0, 0.1) is 11.8 Å². The Balaban J connectivity index is 1.38. The molecule has 5 heteroatoms. The summed E-state index contributed by atoms with van der Waals surface area (Å²) < 4.78 is 5.67. The molecule has 0 bridgehead atoms. The maximum atomic E-state index is 11.5. The van der Waals surface area contributed by atoms with Crippen LogP contribution in [0.3, 0.4) is 0 Å². The average molecular weight is 458 g/mol. The Morgan fingerprint density at radius 1 is 0.600 bits per heavy atom. The number of aromatic carboxylic acids is 2. The number of rotatable bonds is 4. The van der Waals surface area contributed by atoms with Crippen LogP contribution in [0.1, 0.15) is 31.8 Å². The zero-order valence-electron chi connectivity index (χ0n) is 18.4. The van der Waals surface area contributed by atoms with Crippen molar-refractivity contribution in [3.05, 3.63) is 119 Å². The molecule has 2 N–H and O–H groups in total. The second-order valence-corrected chi connectivity index (χ2v) is 7.96. The molecule has 0 spiro atoms. The van der Waals surface area contributed by atoms with Gasteiger partial charge in [-0.25, -0.2) is 9.59 Å². The monoisotopic (exact) mass is 458 g/mol. The highest BCUT2D eigenvalue weighted by atomic mass is 16.5. The van der Waals surface area contributed by atoms with E-state index in [9.17, 15) is 19.8 Å². The van der Waals surface area contributed by atoms with Gasteiger partial charge in [-0.05, 0) is 88.3 Å². The second kappa shape index (κ2) is 9.05. The second-order valence-electron chi connectivity index (χ2n) is 7.96. The van der Waals surface area contributed by atoms with E-state index >= 15 is 0 Å². The van der Waals surface area contributed by atoms with Crippen LogP contribution in [0.5, 0.6) is 11.5 Å². The Morgan fingerprint density at radius 2 is 1.23 bits per heavy atom. The Morgan fingerprint density at radius 3 is 1.91 bits per heavy atom. The highest BCUT2D eigenvalue weighted by molar-refractivity contribution is 5.98. The van der Waals surface area contributed by atoms with Crippen LogP contribution in [-0.2, 0) is 0 Å². The molecule has 0 aliphatic carbocycles. The molecular formula is C30H18O5. The fourth-order valence-electron chi connectivity index (χ4n) is 3.81. The molecule has 0 fully saturated rings. The van der Waals surface area contributed by atoms with E-state index in [1.54, 1.807) is 24.3 Å². The summed E-state index contributed by atoms with van der Waals surface area (Å²) in [4.78, 5) is 22.7. The summed E-state index contributed by atoms with van der Waals surface area (Å²) >= 11 is 0. The van der Waals surface area contributed by atoms with Crippen LogP contribution >= 0.6 is 0 Å². The molecule has 5 rings (SSSR count).